The van der Waals surface area contributed by atoms with Crippen molar-refractivity contribution in [1.29, 1.82) is 0 Å². The van der Waals surface area contributed by atoms with E-state index in [1.165, 1.54) is 6.92 Å². The number of hydrogen-bond acceptors (Lipinski definition) is 3. The summed E-state index contributed by atoms with van der Waals surface area (Å²) in [6, 6.07) is 5.15. The highest BCUT2D eigenvalue weighted by molar-refractivity contribution is 6.31. The molecule has 1 heterocycles. The van der Waals surface area contributed by atoms with E-state index in [0.29, 0.717) is 29.5 Å². The molecule has 17 heavy (non-hydrogen) atoms. The Morgan fingerprint density at radius 2 is 2.12 bits per heavy atom. The Balaban J connectivity index is 2.16. The summed E-state index contributed by atoms with van der Waals surface area (Å²) in [7, 11) is 0. The average Bonchev–Trinajstić information content (AvgIpc) is 2.32. The fraction of sp³-hybridized carbons (Fsp3) is 0.462. The largest absolute Gasteiger partial charge is 0.489 e. The van der Waals surface area contributed by atoms with Gasteiger partial charge in [-0.2, -0.15) is 0 Å². The van der Waals surface area contributed by atoms with Crippen molar-refractivity contribution in [2.75, 3.05) is 13.2 Å². The van der Waals surface area contributed by atoms with Crippen LogP contribution in [0.2, 0.25) is 5.02 Å². The highest BCUT2D eigenvalue weighted by Gasteiger charge is 2.18. The molecule has 1 aliphatic heterocycles. The van der Waals surface area contributed by atoms with Gasteiger partial charge >= 0.3 is 0 Å². The first-order valence-electron chi connectivity index (χ1n) is 5.71. The average molecular weight is 255 g/mol. The molecule has 1 aromatic carbocycles. The molecule has 1 aromatic rings. The van der Waals surface area contributed by atoms with Gasteiger partial charge in [0.25, 0.3) is 0 Å². The summed E-state index contributed by atoms with van der Waals surface area (Å²) in [5.41, 5.74) is 0.545. The number of Topliss-reactive ketones (excluding diaryl/α,β-unsaturated/α-hetero) is 1. The maximum absolute atomic E-state index is 11.5. The fourth-order valence-corrected chi connectivity index (χ4v) is 2.03. The van der Waals surface area contributed by atoms with Gasteiger partial charge in [0, 0.05) is 17.9 Å². The lowest BCUT2D eigenvalue weighted by Crippen LogP contribution is -2.26. The second kappa shape index (κ2) is 5.52. The Bertz CT molecular complexity index is 411. The first-order chi connectivity index (χ1) is 8.16. The van der Waals surface area contributed by atoms with Crippen LogP contribution in [0.25, 0.3) is 0 Å². The van der Waals surface area contributed by atoms with Crippen LogP contribution in [0.3, 0.4) is 0 Å². The van der Waals surface area contributed by atoms with Gasteiger partial charge < -0.3 is 9.47 Å². The number of hydrogen-bond donors (Lipinski definition) is 0. The molecule has 1 saturated heterocycles. The third kappa shape index (κ3) is 3.20. The zero-order valence-corrected chi connectivity index (χ0v) is 10.5. The lowest BCUT2D eigenvalue weighted by atomic mass is 10.1. The molecular weight excluding hydrogens is 240 g/mol. The molecule has 0 saturated carbocycles. The predicted octanol–water partition coefficient (Wildman–Crippen LogP) is 3.10. The molecule has 4 heteroatoms. The van der Waals surface area contributed by atoms with Gasteiger partial charge in [-0.05, 0) is 25.1 Å². The number of carbonyl (C=O) groups is 1. The molecule has 0 spiro atoms. The summed E-state index contributed by atoms with van der Waals surface area (Å²) in [5.74, 6) is 0.586. The predicted molar refractivity (Wildman–Crippen MR) is 65.9 cm³/mol. The highest BCUT2D eigenvalue weighted by atomic mass is 35.5. The van der Waals surface area contributed by atoms with E-state index < -0.39 is 0 Å². The topological polar surface area (TPSA) is 35.5 Å². The number of halogens is 1. The van der Waals surface area contributed by atoms with Gasteiger partial charge in [0.2, 0.25) is 0 Å². The molecule has 0 unspecified atom stereocenters. The molecule has 0 amide bonds. The Hall–Kier alpha value is -1.06. The molecule has 0 bridgehead atoms. The van der Waals surface area contributed by atoms with Crippen molar-refractivity contribution >= 4 is 17.4 Å². The van der Waals surface area contributed by atoms with E-state index in [0.717, 1.165) is 12.8 Å². The Kier molecular flexibility index (Phi) is 4.02. The van der Waals surface area contributed by atoms with Gasteiger partial charge in [-0.3, -0.25) is 4.79 Å². The Morgan fingerprint density at radius 3 is 2.76 bits per heavy atom. The Labute approximate surface area is 106 Å². The standard InChI is InChI=1S/C13H15ClO3/c1-9(15)12-8-10(14)2-3-13(12)17-11-4-6-16-7-5-11/h2-3,8,11H,4-7H2,1H3. The molecule has 92 valence electrons. The van der Waals surface area contributed by atoms with Crippen molar-refractivity contribution in [2.24, 2.45) is 0 Å². The lowest BCUT2D eigenvalue weighted by molar-refractivity contribution is 0.0252. The zero-order valence-electron chi connectivity index (χ0n) is 9.74. The monoisotopic (exact) mass is 254 g/mol. The van der Waals surface area contributed by atoms with E-state index in [1.807, 2.05) is 0 Å². The quantitative estimate of drug-likeness (QED) is 0.778. The van der Waals surface area contributed by atoms with Crippen molar-refractivity contribution < 1.29 is 14.3 Å². The van der Waals surface area contributed by atoms with Crippen molar-refractivity contribution in [3.63, 3.8) is 0 Å². The maximum Gasteiger partial charge on any atom is 0.163 e. The summed E-state index contributed by atoms with van der Waals surface area (Å²) in [6.45, 7) is 2.95. The van der Waals surface area contributed by atoms with Gasteiger partial charge in [-0.25, -0.2) is 0 Å². The fourth-order valence-electron chi connectivity index (χ4n) is 1.85. The van der Waals surface area contributed by atoms with E-state index in [4.69, 9.17) is 21.1 Å². The number of ether oxygens (including phenoxy) is 2. The molecule has 0 radical (unpaired) electrons. The van der Waals surface area contributed by atoms with E-state index in [1.54, 1.807) is 18.2 Å². The van der Waals surface area contributed by atoms with Gasteiger partial charge in [-0.1, -0.05) is 11.6 Å². The van der Waals surface area contributed by atoms with Gasteiger partial charge in [0.1, 0.15) is 11.9 Å². The van der Waals surface area contributed by atoms with Crippen LogP contribution in [0.1, 0.15) is 30.1 Å². The summed E-state index contributed by atoms with van der Waals surface area (Å²) in [4.78, 5) is 11.5. The SMILES string of the molecule is CC(=O)c1cc(Cl)ccc1OC1CCOCC1. The van der Waals surface area contributed by atoms with Gasteiger partial charge in [0.05, 0.1) is 18.8 Å². The van der Waals surface area contributed by atoms with Crippen LogP contribution in [0.15, 0.2) is 18.2 Å². The molecule has 2 rings (SSSR count). The number of ketones is 1. The van der Waals surface area contributed by atoms with Crippen molar-refractivity contribution in [2.45, 2.75) is 25.9 Å². The van der Waals surface area contributed by atoms with Crippen molar-refractivity contribution in [3.8, 4) is 5.75 Å². The number of rotatable bonds is 3. The smallest absolute Gasteiger partial charge is 0.163 e. The van der Waals surface area contributed by atoms with E-state index in [-0.39, 0.29) is 11.9 Å². The number of benzene rings is 1. The second-order valence-corrected chi connectivity index (χ2v) is 4.56. The molecule has 1 aliphatic rings. The first kappa shape index (κ1) is 12.4. The molecule has 0 atom stereocenters. The Morgan fingerprint density at radius 1 is 1.41 bits per heavy atom. The summed E-state index contributed by atoms with van der Waals surface area (Å²) in [6.07, 6.45) is 1.85. The minimum Gasteiger partial charge on any atom is -0.489 e. The van der Waals surface area contributed by atoms with Gasteiger partial charge in [-0.15, -0.1) is 0 Å². The van der Waals surface area contributed by atoms with Crippen LogP contribution in [0.4, 0.5) is 0 Å². The highest BCUT2D eigenvalue weighted by Crippen LogP contribution is 2.26. The number of carbonyl (C=O) groups excluding carboxylic acids is 1. The normalized spacial score (nSPS) is 16.8. The van der Waals surface area contributed by atoms with Crippen LogP contribution in [0.5, 0.6) is 5.75 Å². The maximum atomic E-state index is 11.5. The summed E-state index contributed by atoms with van der Waals surface area (Å²) < 4.78 is 11.1. The van der Waals surface area contributed by atoms with Crippen LogP contribution in [0, 0.1) is 0 Å². The van der Waals surface area contributed by atoms with Gasteiger partial charge in [0.15, 0.2) is 5.78 Å². The molecule has 1 fully saturated rings. The summed E-state index contributed by atoms with van der Waals surface area (Å²) >= 11 is 5.88. The van der Waals surface area contributed by atoms with Crippen molar-refractivity contribution in [3.05, 3.63) is 28.8 Å². The minimum absolute atomic E-state index is 0.0328. The van der Waals surface area contributed by atoms with Crippen LogP contribution >= 0.6 is 11.6 Å². The molecule has 3 nitrogen and oxygen atoms in total. The third-order valence-electron chi connectivity index (χ3n) is 2.78. The van der Waals surface area contributed by atoms with E-state index >= 15 is 0 Å². The molecule has 0 aromatic heterocycles. The molecule has 0 aliphatic carbocycles. The third-order valence-corrected chi connectivity index (χ3v) is 3.02. The van der Waals surface area contributed by atoms with Crippen LogP contribution < -0.4 is 4.74 Å². The minimum atomic E-state index is -0.0328. The zero-order chi connectivity index (χ0) is 12.3. The lowest BCUT2D eigenvalue weighted by Gasteiger charge is -2.24. The molecular formula is C13H15ClO3. The van der Waals surface area contributed by atoms with Crippen molar-refractivity contribution in [1.82, 2.24) is 0 Å². The van der Waals surface area contributed by atoms with E-state index in [9.17, 15) is 4.79 Å². The molecule has 0 N–H and O–H groups in total. The first-order valence-corrected chi connectivity index (χ1v) is 6.09. The van der Waals surface area contributed by atoms with Crippen LogP contribution in [-0.2, 0) is 4.74 Å². The van der Waals surface area contributed by atoms with E-state index in [2.05, 4.69) is 0 Å². The second-order valence-electron chi connectivity index (χ2n) is 4.13. The van der Waals surface area contributed by atoms with Crippen LogP contribution in [-0.4, -0.2) is 25.1 Å². The summed E-state index contributed by atoms with van der Waals surface area (Å²) in [5, 5.41) is 0.550.